The van der Waals surface area contributed by atoms with Gasteiger partial charge < -0.3 is 9.47 Å². The molecule has 0 rings (SSSR count). The average molecular weight is 156 g/mol. The molecule has 0 heterocycles. The summed E-state index contributed by atoms with van der Waals surface area (Å²) in [5.74, 6) is 2.41. The molecule has 0 aromatic carbocycles. The average Bonchev–Trinajstić information content (AvgIpc) is 2.03. The van der Waals surface area contributed by atoms with Crippen molar-refractivity contribution in [3.8, 4) is 12.3 Å². The lowest BCUT2D eigenvalue weighted by Crippen LogP contribution is -2.17. The molecule has 0 radical (unpaired) electrons. The number of methoxy groups -OCH3 is 1. The lowest BCUT2D eigenvalue weighted by Gasteiger charge is -2.12. The van der Waals surface area contributed by atoms with E-state index in [1.54, 1.807) is 7.11 Å². The highest BCUT2D eigenvalue weighted by Crippen LogP contribution is 2.00. The van der Waals surface area contributed by atoms with Crippen LogP contribution in [0.15, 0.2) is 0 Å². The van der Waals surface area contributed by atoms with Crippen molar-refractivity contribution in [2.24, 2.45) is 0 Å². The molecule has 0 amide bonds. The second-order valence-electron chi connectivity index (χ2n) is 2.37. The first-order valence-corrected chi connectivity index (χ1v) is 3.89. The normalized spacial score (nSPS) is 12.5. The number of terminal acetylenes is 1. The van der Waals surface area contributed by atoms with Crippen LogP contribution in [0.5, 0.6) is 0 Å². The molecule has 1 atom stereocenters. The van der Waals surface area contributed by atoms with Crippen molar-refractivity contribution < 1.29 is 9.47 Å². The Morgan fingerprint density at radius 2 is 2.27 bits per heavy atom. The summed E-state index contributed by atoms with van der Waals surface area (Å²) in [6, 6.07) is 0. The maximum absolute atomic E-state index is 5.14. The number of hydrogen-bond acceptors (Lipinski definition) is 2. The zero-order valence-corrected chi connectivity index (χ0v) is 7.30. The molecule has 2 heteroatoms. The monoisotopic (exact) mass is 156 g/mol. The molecule has 0 saturated carbocycles. The molecule has 1 unspecified atom stereocenters. The molecule has 0 aromatic rings. The molecule has 11 heavy (non-hydrogen) atoms. The van der Waals surface area contributed by atoms with Crippen LogP contribution in [0.25, 0.3) is 0 Å². The van der Waals surface area contributed by atoms with E-state index in [2.05, 4.69) is 12.8 Å². The quantitative estimate of drug-likeness (QED) is 0.428. The van der Waals surface area contributed by atoms with E-state index in [1.807, 2.05) is 0 Å². The highest BCUT2D eigenvalue weighted by molar-refractivity contribution is 4.82. The van der Waals surface area contributed by atoms with Crippen molar-refractivity contribution in [1.82, 2.24) is 0 Å². The number of ether oxygens (including phenoxy) is 2. The van der Waals surface area contributed by atoms with Gasteiger partial charge in [-0.2, -0.15) is 0 Å². The van der Waals surface area contributed by atoms with Gasteiger partial charge in [-0.05, 0) is 6.42 Å². The zero-order chi connectivity index (χ0) is 8.53. The molecular weight excluding hydrogens is 140 g/mol. The number of hydrogen-bond donors (Lipinski definition) is 0. The van der Waals surface area contributed by atoms with Crippen molar-refractivity contribution in [2.75, 3.05) is 20.3 Å². The Hall–Kier alpha value is -0.520. The zero-order valence-electron chi connectivity index (χ0n) is 7.30. The van der Waals surface area contributed by atoms with E-state index in [-0.39, 0.29) is 6.10 Å². The molecule has 0 N–H and O–H groups in total. The molecule has 0 spiro atoms. The predicted molar refractivity (Wildman–Crippen MR) is 45.4 cm³/mol. The van der Waals surface area contributed by atoms with Crippen molar-refractivity contribution in [3.63, 3.8) is 0 Å². The molecule has 0 aliphatic heterocycles. The molecule has 0 aromatic heterocycles. The summed E-state index contributed by atoms with van der Waals surface area (Å²) in [5.41, 5.74) is 0. The van der Waals surface area contributed by atoms with Gasteiger partial charge in [0.05, 0.1) is 12.7 Å². The summed E-state index contributed by atoms with van der Waals surface area (Å²) < 4.78 is 10.3. The van der Waals surface area contributed by atoms with Crippen LogP contribution < -0.4 is 0 Å². The first kappa shape index (κ1) is 10.5. The Morgan fingerprint density at radius 1 is 1.55 bits per heavy atom. The minimum atomic E-state index is 0.202. The second kappa shape index (κ2) is 7.59. The van der Waals surface area contributed by atoms with E-state index < -0.39 is 0 Å². The standard InChI is InChI=1S/C9H16O2/c1-4-6-9(10-3)8-11-7-5-2/h2,9H,4,6-8H2,1,3H3. The molecule has 0 saturated heterocycles. The van der Waals surface area contributed by atoms with E-state index in [4.69, 9.17) is 15.9 Å². The van der Waals surface area contributed by atoms with Crippen LogP contribution in [0.4, 0.5) is 0 Å². The Bertz CT molecular complexity index is 115. The van der Waals surface area contributed by atoms with Gasteiger partial charge in [0.2, 0.25) is 0 Å². The minimum absolute atomic E-state index is 0.202. The Kier molecular flexibility index (Phi) is 7.23. The molecule has 0 bridgehead atoms. The fourth-order valence-electron chi connectivity index (χ4n) is 0.840. The van der Waals surface area contributed by atoms with Gasteiger partial charge in [0.1, 0.15) is 6.61 Å². The van der Waals surface area contributed by atoms with Crippen molar-refractivity contribution in [2.45, 2.75) is 25.9 Å². The first-order chi connectivity index (χ1) is 5.35. The topological polar surface area (TPSA) is 18.5 Å². The third kappa shape index (κ3) is 5.90. The Morgan fingerprint density at radius 3 is 2.73 bits per heavy atom. The smallest absolute Gasteiger partial charge is 0.107 e. The largest absolute Gasteiger partial charge is 0.379 e. The second-order valence-corrected chi connectivity index (χ2v) is 2.37. The van der Waals surface area contributed by atoms with Gasteiger partial charge in [-0.1, -0.05) is 19.3 Å². The van der Waals surface area contributed by atoms with Crippen molar-refractivity contribution >= 4 is 0 Å². The summed E-state index contributed by atoms with van der Waals surface area (Å²) in [7, 11) is 1.69. The maximum Gasteiger partial charge on any atom is 0.107 e. The van der Waals surface area contributed by atoms with E-state index in [0.29, 0.717) is 13.2 Å². The van der Waals surface area contributed by atoms with E-state index in [1.165, 1.54) is 0 Å². The van der Waals surface area contributed by atoms with Crippen LogP contribution in [-0.2, 0) is 9.47 Å². The molecule has 64 valence electrons. The van der Waals surface area contributed by atoms with Crippen LogP contribution in [0.3, 0.4) is 0 Å². The lowest BCUT2D eigenvalue weighted by atomic mass is 10.2. The summed E-state index contributed by atoms with van der Waals surface area (Å²) in [5, 5.41) is 0. The third-order valence-corrected chi connectivity index (χ3v) is 1.43. The van der Waals surface area contributed by atoms with Gasteiger partial charge in [-0.25, -0.2) is 0 Å². The summed E-state index contributed by atoms with van der Waals surface area (Å²) in [4.78, 5) is 0. The fourth-order valence-corrected chi connectivity index (χ4v) is 0.840. The third-order valence-electron chi connectivity index (χ3n) is 1.43. The molecule has 0 aliphatic rings. The van der Waals surface area contributed by atoms with Crippen LogP contribution in [-0.4, -0.2) is 26.4 Å². The van der Waals surface area contributed by atoms with E-state index >= 15 is 0 Å². The molecular formula is C9H16O2. The van der Waals surface area contributed by atoms with Gasteiger partial charge >= 0.3 is 0 Å². The molecule has 0 fully saturated rings. The van der Waals surface area contributed by atoms with Gasteiger partial charge in [-0.3, -0.25) is 0 Å². The Balaban J connectivity index is 3.29. The highest BCUT2D eigenvalue weighted by atomic mass is 16.5. The van der Waals surface area contributed by atoms with E-state index in [0.717, 1.165) is 12.8 Å². The van der Waals surface area contributed by atoms with Gasteiger partial charge in [0.15, 0.2) is 0 Å². The predicted octanol–water partition coefficient (Wildman–Crippen LogP) is 1.45. The van der Waals surface area contributed by atoms with Gasteiger partial charge in [0.25, 0.3) is 0 Å². The fraction of sp³-hybridized carbons (Fsp3) is 0.778. The van der Waals surface area contributed by atoms with Gasteiger partial charge in [-0.15, -0.1) is 6.42 Å². The number of rotatable bonds is 6. The summed E-state index contributed by atoms with van der Waals surface area (Å²) >= 11 is 0. The van der Waals surface area contributed by atoms with Crippen LogP contribution in [0.2, 0.25) is 0 Å². The van der Waals surface area contributed by atoms with Crippen molar-refractivity contribution in [1.29, 1.82) is 0 Å². The van der Waals surface area contributed by atoms with Crippen molar-refractivity contribution in [3.05, 3.63) is 0 Å². The maximum atomic E-state index is 5.14. The van der Waals surface area contributed by atoms with Gasteiger partial charge in [0, 0.05) is 7.11 Å². The molecule has 0 aliphatic carbocycles. The van der Waals surface area contributed by atoms with Crippen LogP contribution >= 0.6 is 0 Å². The Labute approximate surface area is 68.9 Å². The van der Waals surface area contributed by atoms with E-state index in [9.17, 15) is 0 Å². The summed E-state index contributed by atoms with van der Waals surface area (Å²) in [6.07, 6.45) is 7.35. The minimum Gasteiger partial charge on any atom is -0.379 e. The first-order valence-electron chi connectivity index (χ1n) is 3.89. The molecule has 2 nitrogen and oxygen atoms in total. The summed E-state index contributed by atoms with van der Waals surface area (Å²) in [6.45, 7) is 3.10. The SMILES string of the molecule is C#CCOCC(CCC)OC. The van der Waals surface area contributed by atoms with Crippen LogP contribution in [0, 0.1) is 12.3 Å². The lowest BCUT2D eigenvalue weighted by molar-refractivity contribution is 0.0141. The van der Waals surface area contributed by atoms with Crippen LogP contribution in [0.1, 0.15) is 19.8 Å². The highest BCUT2D eigenvalue weighted by Gasteiger charge is 2.04.